The Bertz CT molecular complexity index is 122. The summed E-state index contributed by atoms with van der Waals surface area (Å²) in [5, 5.41) is 4.51. The summed E-state index contributed by atoms with van der Waals surface area (Å²) in [4.78, 5) is 0. The zero-order valence-corrected chi connectivity index (χ0v) is 11.3. The standard InChI is InChI=1S/C11H24BrNO/c1-4-5-7-14-8-6-13-11(3)10(2)9-12/h10-11,13H,4-9H2,1-3H3. The zero-order chi connectivity index (χ0) is 10.8. The molecule has 0 aromatic rings. The summed E-state index contributed by atoms with van der Waals surface area (Å²) in [6.07, 6.45) is 2.39. The SMILES string of the molecule is CCCCOCCNC(C)C(C)CBr. The van der Waals surface area contributed by atoms with Gasteiger partial charge in [-0.05, 0) is 19.3 Å². The maximum Gasteiger partial charge on any atom is 0.0590 e. The molecule has 86 valence electrons. The highest BCUT2D eigenvalue weighted by molar-refractivity contribution is 9.09. The normalized spacial score (nSPS) is 15.4. The van der Waals surface area contributed by atoms with Crippen molar-refractivity contribution in [2.75, 3.05) is 25.1 Å². The Morgan fingerprint density at radius 3 is 2.57 bits per heavy atom. The lowest BCUT2D eigenvalue weighted by Crippen LogP contribution is -2.35. The summed E-state index contributed by atoms with van der Waals surface area (Å²) < 4.78 is 5.46. The van der Waals surface area contributed by atoms with Crippen LogP contribution in [-0.2, 0) is 4.74 Å². The van der Waals surface area contributed by atoms with Crippen LogP contribution < -0.4 is 5.32 Å². The number of nitrogens with one attached hydrogen (secondary N) is 1. The summed E-state index contributed by atoms with van der Waals surface area (Å²) in [6, 6.07) is 0.559. The zero-order valence-electron chi connectivity index (χ0n) is 9.68. The van der Waals surface area contributed by atoms with E-state index in [1.807, 2.05) is 0 Å². The number of hydrogen-bond donors (Lipinski definition) is 1. The van der Waals surface area contributed by atoms with Gasteiger partial charge in [-0.25, -0.2) is 0 Å². The van der Waals surface area contributed by atoms with Crippen molar-refractivity contribution in [2.24, 2.45) is 5.92 Å². The minimum atomic E-state index is 0.559. The topological polar surface area (TPSA) is 21.3 Å². The third-order valence-electron chi connectivity index (χ3n) is 2.45. The van der Waals surface area contributed by atoms with E-state index in [0.29, 0.717) is 12.0 Å². The van der Waals surface area contributed by atoms with Gasteiger partial charge < -0.3 is 10.1 Å². The smallest absolute Gasteiger partial charge is 0.0590 e. The molecule has 0 heterocycles. The lowest BCUT2D eigenvalue weighted by Gasteiger charge is -2.19. The van der Waals surface area contributed by atoms with Crippen LogP contribution in [0.4, 0.5) is 0 Å². The van der Waals surface area contributed by atoms with Crippen LogP contribution in [0.3, 0.4) is 0 Å². The summed E-state index contributed by atoms with van der Waals surface area (Å²) in [5.74, 6) is 0.672. The van der Waals surface area contributed by atoms with Gasteiger partial charge in [-0.15, -0.1) is 0 Å². The first-order valence-corrected chi connectivity index (χ1v) is 6.71. The molecule has 3 heteroatoms. The van der Waals surface area contributed by atoms with E-state index < -0.39 is 0 Å². The summed E-state index contributed by atoms with van der Waals surface area (Å²) in [5.41, 5.74) is 0. The Labute approximate surface area is 96.9 Å². The summed E-state index contributed by atoms with van der Waals surface area (Å²) >= 11 is 3.49. The lowest BCUT2D eigenvalue weighted by molar-refractivity contribution is 0.130. The second kappa shape index (κ2) is 9.94. The minimum absolute atomic E-state index is 0.559. The Morgan fingerprint density at radius 2 is 2.00 bits per heavy atom. The molecule has 0 radical (unpaired) electrons. The van der Waals surface area contributed by atoms with Crippen molar-refractivity contribution >= 4 is 15.9 Å². The molecule has 0 amide bonds. The minimum Gasteiger partial charge on any atom is -0.380 e. The molecule has 0 aromatic carbocycles. The largest absolute Gasteiger partial charge is 0.380 e. The average Bonchev–Trinajstić information content (AvgIpc) is 2.21. The molecule has 0 saturated heterocycles. The molecular weight excluding hydrogens is 242 g/mol. The maximum absolute atomic E-state index is 5.46. The van der Waals surface area contributed by atoms with Crippen LogP contribution in [-0.4, -0.2) is 31.1 Å². The van der Waals surface area contributed by atoms with Crippen molar-refractivity contribution in [3.63, 3.8) is 0 Å². The van der Waals surface area contributed by atoms with E-state index in [1.165, 1.54) is 12.8 Å². The predicted octanol–water partition coefficient (Wildman–Crippen LogP) is 2.81. The molecule has 0 aromatic heterocycles. The number of rotatable bonds is 9. The van der Waals surface area contributed by atoms with E-state index in [4.69, 9.17) is 4.74 Å². The number of hydrogen-bond acceptors (Lipinski definition) is 2. The Morgan fingerprint density at radius 1 is 1.29 bits per heavy atom. The van der Waals surface area contributed by atoms with Crippen LogP contribution in [0.1, 0.15) is 33.6 Å². The molecule has 14 heavy (non-hydrogen) atoms. The van der Waals surface area contributed by atoms with Gasteiger partial charge in [0.15, 0.2) is 0 Å². The second-order valence-electron chi connectivity index (χ2n) is 3.84. The fourth-order valence-corrected chi connectivity index (χ4v) is 1.60. The number of alkyl halides is 1. The monoisotopic (exact) mass is 265 g/mol. The number of ether oxygens (including phenoxy) is 1. The summed E-state index contributed by atoms with van der Waals surface area (Å²) in [7, 11) is 0. The molecular formula is C11H24BrNO. The molecule has 2 nitrogen and oxygen atoms in total. The van der Waals surface area contributed by atoms with Gasteiger partial charge >= 0.3 is 0 Å². The van der Waals surface area contributed by atoms with Gasteiger partial charge in [0.05, 0.1) is 6.61 Å². The van der Waals surface area contributed by atoms with Crippen molar-refractivity contribution in [3.05, 3.63) is 0 Å². The average molecular weight is 266 g/mol. The van der Waals surface area contributed by atoms with Crippen molar-refractivity contribution in [3.8, 4) is 0 Å². The molecule has 0 bridgehead atoms. The van der Waals surface area contributed by atoms with E-state index >= 15 is 0 Å². The first kappa shape index (κ1) is 14.4. The highest BCUT2D eigenvalue weighted by Gasteiger charge is 2.08. The molecule has 0 aliphatic rings. The molecule has 0 aliphatic carbocycles. The van der Waals surface area contributed by atoms with Crippen LogP contribution in [0.25, 0.3) is 0 Å². The van der Waals surface area contributed by atoms with E-state index in [2.05, 4.69) is 42.0 Å². The van der Waals surface area contributed by atoms with E-state index in [9.17, 15) is 0 Å². The van der Waals surface area contributed by atoms with E-state index in [1.54, 1.807) is 0 Å². The molecule has 0 rings (SSSR count). The van der Waals surface area contributed by atoms with Gasteiger partial charge in [-0.3, -0.25) is 0 Å². The van der Waals surface area contributed by atoms with Gasteiger partial charge in [0.25, 0.3) is 0 Å². The second-order valence-corrected chi connectivity index (χ2v) is 4.49. The molecule has 1 N–H and O–H groups in total. The van der Waals surface area contributed by atoms with Crippen LogP contribution in [0.2, 0.25) is 0 Å². The van der Waals surface area contributed by atoms with Gasteiger partial charge in [0, 0.05) is 24.5 Å². The van der Waals surface area contributed by atoms with Crippen LogP contribution >= 0.6 is 15.9 Å². The molecule has 0 aliphatic heterocycles. The summed E-state index contributed by atoms with van der Waals surface area (Å²) in [6.45, 7) is 9.34. The van der Waals surface area contributed by atoms with Crippen molar-refractivity contribution in [2.45, 2.75) is 39.7 Å². The molecule has 0 spiro atoms. The predicted molar refractivity (Wildman–Crippen MR) is 66.1 cm³/mol. The molecule has 2 unspecified atom stereocenters. The van der Waals surface area contributed by atoms with Crippen molar-refractivity contribution in [1.82, 2.24) is 5.32 Å². The van der Waals surface area contributed by atoms with Crippen LogP contribution in [0, 0.1) is 5.92 Å². The lowest BCUT2D eigenvalue weighted by atomic mass is 10.1. The van der Waals surface area contributed by atoms with Gasteiger partial charge in [-0.1, -0.05) is 36.2 Å². The third kappa shape index (κ3) is 7.77. The number of halogens is 1. The fourth-order valence-electron chi connectivity index (χ4n) is 1.04. The van der Waals surface area contributed by atoms with Crippen LogP contribution in [0.15, 0.2) is 0 Å². The Balaban J connectivity index is 3.18. The van der Waals surface area contributed by atoms with Crippen LogP contribution in [0.5, 0.6) is 0 Å². The Kier molecular flexibility index (Phi) is 10.2. The maximum atomic E-state index is 5.46. The quantitative estimate of drug-likeness (QED) is 0.512. The molecule has 0 saturated carbocycles. The first-order valence-electron chi connectivity index (χ1n) is 5.59. The highest BCUT2D eigenvalue weighted by atomic mass is 79.9. The first-order chi connectivity index (χ1) is 6.72. The third-order valence-corrected chi connectivity index (χ3v) is 3.47. The van der Waals surface area contributed by atoms with Crippen molar-refractivity contribution < 1.29 is 4.74 Å². The molecule has 2 atom stereocenters. The van der Waals surface area contributed by atoms with Gasteiger partial charge in [0.1, 0.15) is 0 Å². The highest BCUT2D eigenvalue weighted by Crippen LogP contribution is 2.05. The van der Waals surface area contributed by atoms with E-state index in [-0.39, 0.29) is 0 Å². The Hall–Kier alpha value is 0.400. The van der Waals surface area contributed by atoms with Gasteiger partial charge in [-0.2, -0.15) is 0 Å². The fraction of sp³-hybridized carbons (Fsp3) is 1.00. The number of unbranched alkanes of at least 4 members (excludes halogenated alkanes) is 1. The van der Waals surface area contributed by atoms with Crippen molar-refractivity contribution in [1.29, 1.82) is 0 Å². The van der Waals surface area contributed by atoms with Gasteiger partial charge in [0.2, 0.25) is 0 Å². The molecule has 0 fully saturated rings. The van der Waals surface area contributed by atoms with E-state index in [0.717, 1.165) is 25.1 Å².